The van der Waals surface area contributed by atoms with E-state index in [0.29, 0.717) is 23.7 Å². The van der Waals surface area contributed by atoms with Crippen LogP contribution in [0.3, 0.4) is 0 Å². The van der Waals surface area contributed by atoms with Gasteiger partial charge in [-0.3, -0.25) is 4.79 Å². The fourth-order valence-corrected chi connectivity index (χ4v) is 3.92. The molecular formula is C23H27NO7S. The normalized spacial score (nSPS) is 10.7. The van der Waals surface area contributed by atoms with Gasteiger partial charge in [0.25, 0.3) is 0 Å². The van der Waals surface area contributed by atoms with E-state index >= 15 is 0 Å². The van der Waals surface area contributed by atoms with Crippen LogP contribution in [0.15, 0.2) is 24.3 Å². The summed E-state index contributed by atoms with van der Waals surface area (Å²) in [7, 11) is 1.54. The average Bonchev–Trinajstić information content (AvgIpc) is 3.09. The van der Waals surface area contributed by atoms with Crippen molar-refractivity contribution in [2.24, 2.45) is 0 Å². The number of methoxy groups -OCH3 is 1. The van der Waals surface area contributed by atoms with Gasteiger partial charge in [-0.25, -0.2) is 9.59 Å². The number of carbonyl (C=O) groups excluding carboxylic acids is 3. The van der Waals surface area contributed by atoms with Crippen molar-refractivity contribution in [3.05, 3.63) is 45.8 Å². The lowest BCUT2D eigenvalue weighted by molar-refractivity contribution is -0.111. The Morgan fingerprint density at radius 1 is 1.00 bits per heavy atom. The molecule has 0 aliphatic carbocycles. The lowest BCUT2D eigenvalue weighted by atomic mass is 10.1. The van der Waals surface area contributed by atoms with Crippen molar-refractivity contribution < 1.29 is 33.3 Å². The zero-order chi connectivity index (χ0) is 23.7. The lowest BCUT2D eigenvalue weighted by Crippen LogP contribution is -2.13. The van der Waals surface area contributed by atoms with Crippen molar-refractivity contribution in [1.82, 2.24) is 0 Å². The molecule has 0 radical (unpaired) electrons. The topological polar surface area (TPSA) is 100 Å². The van der Waals surface area contributed by atoms with Crippen LogP contribution in [-0.2, 0) is 14.3 Å². The zero-order valence-electron chi connectivity index (χ0n) is 18.8. The summed E-state index contributed by atoms with van der Waals surface area (Å²) in [5.41, 5.74) is 1.27. The second-order valence-electron chi connectivity index (χ2n) is 6.37. The predicted octanol–water partition coefficient (Wildman–Crippen LogP) is 4.47. The molecule has 0 saturated heterocycles. The number of hydrogen-bond acceptors (Lipinski definition) is 8. The van der Waals surface area contributed by atoms with Crippen molar-refractivity contribution in [3.63, 3.8) is 0 Å². The van der Waals surface area contributed by atoms with Gasteiger partial charge in [-0.1, -0.05) is 6.07 Å². The molecular weight excluding hydrogens is 434 g/mol. The molecule has 1 aromatic carbocycles. The molecule has 0 unspecified atom stereocenters. The van der Waals surface area contributed by atoms with Crippen molar-refractivity contribution in [2.75, 3.05) is 32.2 Å². The van der Waals surface area contributed by atoms with Crippen LogP contribution in [0.1, 0.15) is 51.9 Å². The monoisotopic (exact) mass is 461 g/mol. The lowest BCUT2D eigenvalue weighted by Gasteiger charge is -2.09. The Morgan fingerprint density at radius 3 is 2.31 bits per heavy atom. The molecule has 0 fully saturated rings. The highest BCUT2D eigenvalue weighted by atomic mass is 32.1. The summed E-state index contributed by atoms with van der Waals surface area (Å²) < 4.78 is 20.9. The number of anilines is 1. The third kappa shape index (κ3) is 6.10. The molecule has 0 aliphatic rings. The van der Waals surface area contributed by atoms with Crippen LogP contribution in [0, 0.1) is 6.92 Å². The fourth-order valence-electron chi connectivity index (χ4n) is 2.83. The summed E-state index contributed by atoms with van der Waals surface area (Å²) >= 11 is 0.974. The minimum Gasteiger partial charge on any atom is -0.493 e. The second-order valence-corrected chi connectivity index (χ2v) is 7.39. The van der Waals surface area contributed by atoms with Crippen LogP contribution < -0.4 is 14.8 Å². The molecule has 1 amide bonds. The summed E-state index contributed by atoms with van der Waals surface area (Å²) in [4.78, 5) is 37.4. The first kappa shape index (κ1) is 24.9. The van der Waals surface area contributed by atoms with E-state index in [-0.39, 0.29) is 28.7 Å². The van der Waals surface area contributed by atoms with E-state index in [4.69, 9.17) is 18.9 Å². The quantitative estimate of drug-likeness (QED) is 0.412. The highest BCUT2D eigenvalue weighted by molar-refractivity contribution is 7.18. The molecule has 1 heterocycles. The Balaban J connectivity index is 2.27. The van der Waals surface area contributed by atoms with E-state index < -0.39 is 17.8 Å². The zero-order valence-corrected chi connectivity index (χ0v) is 19.6. The average molecular weight is 462 g/mol. The van der Waals surface area contributed by atoms with Gasteiger partial charge in [-0.15, -0.1) is 11.3 Å². The predicted molar refractivity (Wildman–Crippen MR) is 123 cm³/mol. The Labute approximate surface area is 191 Å². The van der Waals surface area contributed by atoms with E-state index in [2.05, 4.69) is 5.32 Å². The smallest absolute Gasteiger partial charge is 0.348 e. The third-order valence-corrected chi connectivity index (χ3v) is 5.43. The molecule has 0 saturated carbocycles. The molecule has 9 heteroatoms. The largest absolute Gasteiger partial charge is 0.493 e. The van der Waals surface area contributed by atoms with E-state index in [1.165, 1.54) is 13.2 Å². The van der Waals surface area contributed by atoms with Crippen LogP contribution in [0.4, 0.5) is 5.00 Å². The summed E-state index contributed by atoms with van der Waals surface area (Å²) in [5, 5.41) is 2.89. The van der Waals surface area contributed by atoms with E-state index in [1.807, 2.05) is 6.92 Å². The third-order valence-electron chi connectivity index (χ3n) is 4.24. The number of ether oxygens (including phenoxy) is 4. The van der Waals surface area contributed by atoms with Gasteiger partial charge in [0.15, 0.2) is 11.5 Å². The number of thiophene rings is 1. The Hall–Kier alpha value is -3.33. The van der Waals surface area contributed by atoms with Crippen molar-refractivity contribution in [1.29, 1.82) is 0 Å². The van der Waals surface area contributed by atoms with Gasteiger partial charge < -0.3 is 24.3 Å². The van der Waals surface area contributed by atoms with Gasteiger partial charge in [-0.2, -0.15) is 0 Å². The summed E-state index contributed by atoms with van der Waals surface area (Å²) in [6.45, 7) is 7.73. The van der Waals surface area contributed by atoms with Crippen LogP contribution in [-0.4, -0.2) is 44.8 Å². The van der Waals surface area contributed by atoms with Crippen molar-refractivity contribution >= 4 is 40.3 Å². The highest BCUT2D eigenvalue weighted by Crippen LogP contribution is 2.34. The maximum absolute atomic E-state index is 12.5. The summed E-state index contributed by atoms with van der Waals surface area (Å²) in [6.07, 6.45) is 2.92. The fraction of sp³-hybridized carbons (Fsp3) is 0.348. The van der Waals surface area contributed by atoms with Gasteiger partial charge in [0.05, 0.1) is 32.5 Å². The Morgan fingerprint density at radius 2 is 1.69 bits per heavy atom. The standard InChI is InChI=1S/C23H27NO7S/c1-6-29-16-11-9-15(13-17(16)28-5)10-12-18(25)24-21-19(22(26)30-7-2)14(4)20(32-21)23(27)31-8-3/h9-13H,6-8H2,1-5H3,(H,24,25)/b12-10+. The maximum Gasteiger partial charge on any atom is 0.348 e. The van der Waals surface area contributed by atoms with Gasteiger partial charge >= 0.3 is 11.9 Å². The summed E-state index contributed by atoms with van der Waals surface area (Å²) in [5.74, 6) is -0.492. The second kappa shape index (κ2) is 11.9. The molecule has 8 nitrogen and oxygen atoms in total. The van der Waals surface area contributed by atoms with E-state index in [0.717, 1.165) is 16.9 Å². The van der Waals surface area contributed by atoms with Crippen molar-refractivity contribution in [2.45, 2.75) is 27.7 Å². The number of nitrogens with one attached hydrogen (secondary N) is 1. The maximum atomic E-state index is 12.5. The number of carbonyl (C=O) groups is 3. The molecule has 1 N–H and O–H groups in total. The van der Waals surface area contributed by atoms with Gasteiger partial charge in [0, 0.05) is 6.08 Å². The number of rotatable bonds is 10. The number of esters is 2. The minimum atomic E-state index is -0.618. The molecule has 0 bridgehead atoms. The van der Waals surface area contributed by atoms with Crippen LogP contribution in [0.25, 0.3) is 6.08 Å². The van der Waals surface area contributed by atoms with Crippen LogP contribution >= 0.6 is 11.3 Å². The summed E-state index contributed by atoms with van der Waals surface area (Å²) in [6, 6.07) is 5.29. The minimum absolute atomic E-state index is 0.143. The molecule has 32 heavy (non-hydrogen) atoms. The molecule has 2 rings (SSSR count). The Kier molecular flexibility index (Phi) is 9.27. The number of hydrogen-bond donors (Lipinski definition) is 1. The Bertz CT molecular complexity index is 1010. The van der Waals surface area contributed by atoms with Crippen LogP contribution in [0.5, 0.6) is 11.5 Å². The molecule has 172 valence electrons. The molecule has 0 spiro atoms. The van der Waals surface area contributed by atoms with Gasteiger partial charge in [0.2, 0.25) is 5.91 Å². The molecule has 0 aliphatic heterocycles. The first-order chi connectivity index (χ1) is 15.4. The SMILES string of the molecule is CCOC(=O)c1sc(NC(=O)/C=C/c2ccc(OCC)c(OC)c2)c(C(=O)OCC)c1C. The van der Waals surface area contributed by atoms with Crippen LogP contribution in [0.2, 0.25) is 0 Å². The first-order valence-corrected chi connectivity index (χ1v) is 10.9. The number of amides is 1. The van der Waals surface area contributed by atoms with E-state index in [9.17, 15) is 14.4 Å². The molecule has 0 atom stereocenters. The first-order valence-electron chi connectivity index (χ1n) is 10.1. The van der Waals surface area contributed by atoms with Crippen molar-refractivity contribution in [3.8, 4) is 11.5 Å². The highest BCUT2D eigenvalue weighted by Gasteiger charge is 2.27. The van der Waals surface area contributed by atoms with Gasteiger partial charge in [0.1, 0.15) is 9.88 Å². The number of benzene rings is 1. The molecule has 2 aromatic rings. The molecule has 1 aromatic heterocycles. The van der Waals surface area contributed by atoms with E-state index in [1.54, 1.807) is 45.0 Å². The van der Waals surface area contributed by atoms with Gasteiger partial charge in [-0.05, 0) is 57.0 Å².